The van der Waals surface area contributed by atoms with Crippen molar-refractivity contribution in [2.24, 2.45) is 0 Å². The van der Waals surface area contributed by atoms with Gasteiger partial charge in [-0.1, -0.05) is 0 Å². The van der Waals surface area contributed by atoms with E-state index in [2.05, 4.69) is 0 Å². The Morgan fingerprint density at radius 3 is 2.92 bits per heavy atom. The van der Waals surface area contributed by atoms with E-state index >= 15 is 0 Å². The van der Waals surface area contributed by atoms with Crippen LogP contribution in [0, 0.1) is 0 Å². The maximum Gasteiger partial charge on any atom is 0.315 e. The number of benzene rings is 1. The minimum atomic E-state index is -1.25. The molecule has 4 nitrogen and oxygen atoms in total. The first-order chi connectivity index (χ1) is 6.16. The summed E-state index contributed by atoms with van der Waals surface area (Å²) in [5, 5.41) is 10.4. The highest BCUT2D eigenvalue weighted by Crippen LogP contribution is 2.26. The molecular weight excluding hydrogens is 172 g/mol. The van der Waals surface area contributed by atoms with Crippen LogP contribution >= 0.6 is 0 Å². The molecule has 1 heterocycles. The molecule has 66 valence electrons. The van der Waals surface area contributed by atoms with Gasteiger partial charge < -0.3 is 14.6 Å². The van der Waals surface area contributed by atoms with E-state index in [0.717, 1.165) is 0 Å². The van der Waals surface area contributed by atoms with Crippen LogP contribution in [-0.2, 0) is 11.2 Å². The van der Waals surface area contributed by atoms with Gasteiger partial charge in [0.25, 0.3) is 0 Å². The first-order valence-electron chi connectivity index (χ1n) is 3.72. The van der Waals surface area contributed by atoms with Crippen LogP contribution in [0.2, 0.25) is 0 Å². The number of rotatable bonds is 1. The quantitative estimate of drug-likeness (QED) is 0.429. The third-order valence-corrected chi connectivity index (χ3v) is 1.85. The fourth-order valence-electron chi connectivity index (χ4n) is 1.26. The van der Waals surface area contributed by atoms with Crippen LogP contribution in [0.15, 0.2) is 18.2 Å². The number of hydrogen-bond donors (Lipinski definition) is 0. The molecule has 0 saturated heterocycles. The third kappa shape index (κ3) is 1.26. The van der Waals surface area contributed by atoms with E-state index in [1.54, 1.807) is 0 Å². The standard InChI is InChI=1S/C9H6O4/c10-8-4-6-3-5(9(11)12)1-2-7(6)13-8/h1-3H,4H2,(H,11,12)/p-1. The summed E-state index contributed by atoms with van der Waals surface area (Å²) < 4.78 is 4.79. The second-order valence-electron chi connectivity index (χ2n) is 2.76. The lowest BCUT2D eigenvalue weighted by Gasteiger charge is -2.02. The molecule has 0 N–H and O–H groups in total. The molecule has 1 aromatic carbocycles. The van der Waals surface area contributed by atoms with Gasteiger partial charge in [-0.15, -0.1) is 0 Å². The maximum absolute atomic E-state index is 10.8. The van der Waals surface area contributed by atoms with Crippen LogP contribution in [0.3, 0.4) is 0 Å². The van der Waals surface area contributed by atoms with Crippen LogP contribution in [0.4, 0.5) is 0 Å². The summed E-state index contributed by atoms with van der Waals surface area (Å²) >= 11 is 0. The predicted octanol–water partition coefficient (Wildman–Crippen LogP) is -0.488. The van der Waals surface area contributed by atoms with Crippen LogP contribution in [-0.4, -0.2) is 11.9 Å². The zero-order valence-corrected chi connectivity index (χ0v) is 6.57. The van der Waals surface area contributed by atoms with Gasteiger partial charge in [-0.2, -0.15) is 0 Å². The van der Waals surface area contributed by atoms with Gasteiger partial charge >= 0.3 is 5.97 Å². The van der Waals surface area contributed by atoms with Crippen molar-refractivity contribution < 1.29 is 19.4 Å². The van der Waals surface area contributed by atoms with Gasteiger partial charge in [0.2, 0.25) is 0 Å². The van der Waals surface area contributed by atoms with E-state index in [9.17, 15) is 14.7 Å². The molecule has 0 amide bonds. The SMILES string of the molecule is O=C1Cc2cc(C(=O)[O-])ccc2O1. The highest BCUT2D eigenvalue weighted by Gasteiger charge is 2.20. The lowest BCUT2D eigenvalue weighted by Crippen LogP contribution is -2.22. The summed E-state index contributed by atoms with van der Waals surface area (Å²) in [6.45, 7) is 0. The fraction of sp³-hybridized carbons (Fsp3) is 0.111. The third-order valence-electron chi connectivity index (χ3n) is 1.85. The second kappa shape index (κ2) is 2.58. The monoisotopic (exact) mass is 177 g/mol. The van der Waals surface area contributed by atoms with Crippen molar-refractivity contribution in [1.29, 1.82) is 0 Å². The number of hydrogen-bond acceptors (Lipinski definition) is 4. The van der Waals surface area contributed by atoms with Gasteiger partial charge in [-0.05, 0) is 23.8 Å². The van der Waals surface area contributed by atoms with Gasteiger partial charge in [0, 0.05) is 5.56 Å². The Hall–Kier alpha value is -1.84. The number of carbonyl (C=O) groups excluding carboxylic acids is 2. The largest absolute Gasteiger partial charge is 0.545 e. The first-order valence-corrected chi connectivity index (χ1v) is 3.72. The molecule has 1 aromatic rings. The van der Waals surface area contributed by atoms with Gasteiger partial charge in [0.15, 0.2) is 0 Å². The Labute approximate surface area is 73.8 Å². The van der Waals surface area contributed by atoms with Gasteiger partial charge in [0.1, 0.15) is 5.75 Å². The number of ether oxygens (including phenoxy) is 1. The van der Waals surface area contributed by atoms with Gasteiger partial charge in [0.05, 0.1) is 12.4 Å². The van der Waals surface area contributed by atoms with Crippen molar-refractivity contribution >= 4 is 11.9 Å². The maximum atomic E-state index is 10.8. The molecular formula is C9H5O4-. The molecule has 13 heavy (non-hydrogen) atoms. The molecule has 0 radical (unpaired) electrons. The predicted molar refractivity (Wildman–Crippen MR) is 40.1 cm³/mol. The van der Waals surface area contributed by atoms with Crippen molar-refractivity contribution in [3.63, 3.8) is 0 Å². The topological polar surface area (TPSA) is 66.4 Å². The number of carbonyl (C=O) groups is 2. The minimum absolute atomic E-state index is 0.0667. The molecule has 0 spiro atoms. The van der Waals surface area contributed by atoms with Gasteiger partial charge in [-0.25, -0.2) is 0 Å². The van der Waals surface area contributed by atoms with Crippen LogP contribution in [0.5, 0.6) is 5.75 Å². The highest BCUT2D eigenvalue weighted by atomic mass is 16.5. The van der Waals surface area contributed by atoms with Crippen molar-refractivity contribution in [2.75, 3.05) is 0 Å². The molecule has 0 fully saturated rings. The lowest BCUT2D eigenvalue weighted by atomic mass is 10.1. The summed E-state index contributed by atoms with van der Waals surface area (Å²) in [5.74, 6) is -1.16. The van der Waals surface area contributed by atoms with Crippen molar-refractivity contribution in [3.8, 4) is 5.75 Å². The van der Waals surface area contributed by atoms with Crippen LogP contribution in [0.25, 0.3) is 0 Å². The summed E-state index contributed by atoms with van der Waals surface area (Å²) in [7, 11) is 0. The normalized spacial score (nSPS) is 13.7. The summed E-state index contributed by atoms with van der Waals surface area (Å²) in [5.41, 5.74) is 0.670. The molecule has 0 bridgehead atoms. The number of esters is 1. The summed E-state index contributed by atoms with van der Waals surface area (Å²) in [6.07, 6.45) is 0.135. The molecule has 0 saturated carbocycles. The molecule has 2 rings (SSSR count). The molecule has 0 aromatic heterocycles. The zero-order valence-electron chi connectivity index (χ0n) is 6.57. The molecule has 4 heteroatoms. The van der Waals surface area contributed by atoms with Crippen molar-refractivity contribution in [2.45, 2.75) is 6.42 Å². The Morgan fingerprint density at radius 2 is 2.23 bits per heavy atom. The number of carboxylic acids is 1. The molecule has 0 unspecified atom stereocenters. The average molecular weight is 177 g/mol. The van der Waals surface area contributed by atoms with E-state index in [1.807, 2.05) is 0 Å². The van der Waals surface area contributed by atoms with Crippen LogP contribution in [0.1, 0.15) is 15.9 Å². The number of aromatic carboxylic acids is 1. The number of carboxylic acid groups (broad SMARTS) is 1. The van der Waals surface area contributed by atoms with Gasteiger partial charge in [-0.3, -0.25) is 4.79 Å². The van der Waals surface area contributed by atoms with E-state index in [1.165, 1.54) is 18.2 Å². The summed E-state index contributed by atoms with van der Waals surface area (Å²) in [4.78, 5) is 21.2. The molecule has 0 aliphatic carbocycles. The Balaban J connectivity index is 2.45. The Bertz CT molecular complexity index is 395. The average Bonchev–Trinajstić information content (AvgIpc) is 2.42. The fourth-order valence-corrected chi connectivity index (χ4v) is 1.26. The lowest BCUT2D eigenvalue weighted by molar-refractivity contribution is -0.255. The van der Waals surface area contributed by atoms with E-state index in [0.29, 0.717) is 11.3 Å². The van der Waals surface area contributed by atoms with E-state index in [4.69, 9.17) is 4.74 Å². The smallest absolute Gasteiger partial charge is 0.315 e. The van der Waals surface area contributed by atoms with Crippen molar-refractivity contribution in [1.82, 2.24) is 0 Å². The second-order valence-corrected chi connectivity index (χ2v) is 2.76. The van der Waals surface area contributed by atoms with E-state index in [-0.39, 0.29) is 18.0 Å². The van der Waals surface area contributed by atoms with Crippen LogP contribution < -0.4 is 9.84 Å². The molecule has 1 aliphatic rings. The number of fused-ring (bicyclic) bond motifs is 1. The molecule has 0 atom stereocenters. The zero-order chi connectivity index (χ0) is 9.42. The van der Waals surface area contributed by atoms with E-state index < -0.39 is 5.97 Å². The Kier molecular flexibility index (Phi) is 1.55. The first kappa shape index (κ1) is 7.79. The minimum Gasteiger partial charge on any atom is -0.545 e. The highest BCUT2D eigenvalue weighted by molar-refractivity contribution is 5.88. The molecule has 1 aliphatic heterocycles. The van der Waals surface area contributed by atoms with Crippen molar-refractivity contribution in [3.05, 3.63) is 29.3 Å². The summed E-state index contributed by atoms with van der Waals surface area (Å²) in [6, 6.07) is 4.22. The Morgan fingerprint density at radius 1 is 1.46 bits per heavy atom.